The van der Waals surface area contributed by atoms with E-state index in [1.165, 1.54) is 24.9 Å². The van der Waals surface area contributed by atoms with Gasteiger partial charge >= 0.3 is 0 Å². The Bertz CT molecular complexity index is 424. The highest BCUT2D eigenvalue weighted by Crippen LogP contribution is 2.25. The molecule has 0 amide bonds. The van der Waals surface area contributed by atoms with E-state index in [1.807, 2.05) is 18.8 Å². The summed E-state index contributed by atoms with van der Waals surface area (Å²) >= 11 is 0. The molecule has 1 aliphatic heterocycles. The number of nitrogens with zero attached hydrogens (tertiary/aromatic N) is 4. The second-order valence-corrected chi connectivity index (χ2v) is 5.81. The largest absolute Gasteiger partial charge is 0.373 e. The number of anilines is 1. The van der Waals surface area contributed by atoms with Gasteiger partial charge in [-0.15, -0.1) is 0 Å². The lowest BCUT2D eigenvalue weighted by Gasteiger charge is -2.27. The van der Waals surface area contributed by atoms with Gasteiger partial charge in [-0.05, 0) is 40.4 Å². The minimum atomic E-state index is 0.680. The molecule has 1 unspecified atom stereocenters. The molecule has 0 radical (unpaired) electrons. The fraction of sp³-hybridized carbons (Fsp3) is 0.786. The van der Waals surface area contributed by atoms with E-state index in [9.17, 15) is 0 Å². The molecule has 0 saturated carbocycles. The van der Waals surface area contributed by atoms with Gasteiger partial charge in [0, 0.05) is 38.8 Å². The van der Waals surface area contributed by atoms with Crippen molar-refractivity contribution in [3.63, 3.8) is 0 Å². The first-order valence-electron chi connectivity index (χ1n) is 7.12. The van der Waals surface area contributed by atoms with Crippen molar-refractivity contribution in [1.82, 2.24) is 19.6 Å². The van der Waals surface area contributed by atoms with Crippen LogP contribution in [0.15, 0.2) is 0 Å². The van der Waals surface area contributed by atoms with Crippen LogP contribution >= 0.6 is 0 Å². The van der Waals surface area contributed by atoms with E-state index >= 15 is 0 Å². The molecule has 0 spiro atoms. The first-order chi connectivity index (χ1) is 9.02. The molecule has 0 aromatic carbocycles. The van der Waals surface area contributed by atoms with E-state index in [-0.39, 0.29) is 0 Å². The van der Waals surface area contributed by atoms with Crippen molar-refractivity contribution in [3.05, 3.63) is 11.3 Å². The Balaban J connectivity index is 2.12. The molecule has 2 rings (SSSR count). The van der Waals surface area contributed by atoms with Gasteiger partial charge in [0.2, 0.25) is 0 Å². The number of aryl methyl sites for hydroxylation is 2. The van der Waals surface area contributed by atoms with E-state index in [0.29, 0.717) is 6.04 Å². The molecular formula is C14H27N5. The predicted octanol–water partition coefficient (Wildman–Crippen LogP) is 1.30. The van der Waals surface area contributed by atoms with Gasteiger partial charge in [-0.1, -0.05) is 0 Å². The lowest BCUT2D eigenvalue weighted by Crippen LogP contribution is -2.37. The molecule has 5 nitrogen and oxygen atoms in total. The molecule has 1 aromatic heterocycles. The standard InChI is InChI=1S/C14H27N5/c1-11-13(14(15-2)18(5)16-11)10-19-8-6-7-12(19)9-17(3)4/h12,15H,6-10H2,1-5H3. The van der Waals surface area contributed by atoms with Crippen LogP contribution in [0.1, 0.15) is 24.1 Å². The summed E-state index contributed by atoms with van der Waals surface area (Å²) in [5.74, 6) is 1.15. The number of hydrogen-bond acceptors (Lipinski definition) is 4. The van der Waals surface area contributed by atoms with Gasteiger partial charge in [0.15, 0.2) is 0 Å². The van der Waals surface area contributed by atoms with Gasteiger partial charge in [0.05, 0.1) is 5.69 Å². The molecule has 1 N–H and O–H groups in total. The van der Waals surface area contributed by atoms with Gasteiger partial charge < -0.3 is 10.2 Å². The topological polar surface area (TPSA) is 36.3 Å². The van der Waals surface area contributed by atoms with Crippen LogP contribution in [0, 0.1) is 6.92 Å². The lowest BCUT2D eigenvalue weighted by atomic mass is 10.2. The van der Waals surface area contributed by atoms with Crippen LogP contribution in [0.4, 0.5) is 5.82 Å². The number of hydrogen-bond donors (Lipinski definition) is 1. The predicted molar refractivity (Wildman–Crippen MR) is 79.5 cm³/mol. The maximum atomic E-state index is 4.53. The molecule has 19 heavy (non-hydrogen) atoms. The van der Waals surface area contributed by atoms with E-state index in [0.717, 1.165) is 24.6 Å². The second kappa shape index (κ2) is 5.92. The summed E-state index contributed by atoms with van der Waals surface area (Å²) in [6.45, 7) is 5.46. The maximum absolute atomic E-state index is 4.53. The van der Waals surface area contributed by atoms with Crippen LogP contribution in [0.5, 0.6) is 0 Å². The van der Waals surface area contributed by atoms with Crippen molar-refractivity contribution < 1.29 is 0 Å². The third-order valence-corrected chi connectivity index (χ3v) is 4.02. The highest BCUT2D eigenvalue weighted by molar-refractivity contribution is 5.47. The maximum Gasteiger partial charge on any atom is 0.128 e. The molecule has 2 heterocycles. The average Bonchev–Trinajstić information content (AvgIpc) is 2.85. The number of rotatable bonds is 5. The average molecular weight is 265 g/mol. The number of aromatic nitrogens is 2. The van der Waals surface area contributed by atoms with Crippen molar-refractivity contribution in [2.75, 3.05) is 39.5 Å². The van der Waals surface area contributed by atoms with Crippen LogP contribution in [0.25, 0.3) is 0 Å². The molecule has 1 fully saturated rings. The van der Waals surface area contributed by atoms with E-state index in [2.05, 4.69) is 41.2 Å². The summed E-state index contributed by atoms with van der Waals surface area (Å²) in [6.07, 6.45) is 2.62. The Morgan fingerprint density at radius 3 is 2.79 bits per heavy atom. The smallest absolute Gasteiger partial charge is 0.128 e. The van der Waals surface area contributed by atoms with Gasteiger partial charge in [-0.2, -0.15) is 5.10 Å². The fourth-order valence-corrected chi connectivity index (χ4v) is 3.14. The summed E-state index contributed by atoms with van der Waals surface area (Å²) in [6, 6.07) is 0.680. The minimum Gasteiger partial charge on any atom is -0.373 e. The van der Waals surface area contributed by atoms with Crippen molar-refractivity contribution in [2.45, 2.75) is 32.4 Å². The monoisotopic (exact) mass is 265 g/mol. The van der Waals surface area contributed by atoms with Crippen LogP contribution in [0.3, 0.4) is 0 Å². The molecular weight excluding hydrogens is 238 g/mol. The highest BCUT2D eigenvalue weighted by atomic mass is 15.3. The summed E-state index contributed by atoms with van der Waals surface area (Å²) in [7, 11) is 8.29. The summed E-state index contributed by atoms with van der Waals surface area (Å²) in [5.41, 5.74) is 2.48. The quantitative estimate of drug-likeness (QED) is 0.870. The summed E-state index contributed by atoms with van der Waals surface area (Å²) in [4.78, 5) is 4.89. The Hall–Kier alpha value is -1.07. The van der Waals surface area contributed by atoms with E-state index in [1.54, 1.807) is 0 Å². The Labute approximate surface area is 116 Å². The van der Waals surface area contributed by atoms with Gasteiger partial charge in [0.25, 0.3) is 0 Å². The normalized spacial score (nSPS) is 20.4. The van der Waals surface area contributed by atoms with Crippen molar-refractivity contribution in [2.24, 2.45) is 7.05 Å². The molecule has 1 atom stereocenters. The minimum absolute atomic E-state index is 0.680. The van der Waals surface area contributed by atoms with Gasteiger partial charge in [-0.3, -0.25) is 9.58 Å². The number of likely N-dealkylation sites (tertiary alicyclic amines) is 1. The van der Waals surface area contributed by atoms with Crippen molar-refractivity contribution >= 4 is 5.82 Å². The van der Waals surface area contributed by atoms with Crippen LogP contribution in [-0.4, -0.2) is 59.9 Å². The van der Waals surface area contributed by atoms with E-state index < -0.39 is 0 Å². The molecule has 1 aromatic rings. The molecule has 1 aliphatic rings. The van der Waals surface area contributed by atoms with Crippen molar-refractivity contribution in [1.29, 1.82) is 0 Å². The molecule has 108 valence electrons. The van der Waals surface area contributed by atoms with Crippen LogP contribution < -0.4 is 5.32 Å². The van der Waals surface area contributed by atoms with Crippen LogP contribution in [-0.2, 0) is 13.6 Å². The second-order valence-electron chi connectivity index (χ2n) is 5.81. The highest BCUT2D eigenvalue weighted by Gasteiger charge is 2.27. The number of likely N-dealkylation sites (N-methyl/N-ethyl adjacent to an activating group) is 1. The van der Waals surface area contributed by atoms with Crippen LogP contribution in [0.2, 0.25) is 0 Å². The SMILES string of the molecule is CNc1c(CN2CCCC2CN(C)C)c(C)nn1C. The first kappa shape index (κ1) is 14.3. The summed E-state index contributed by atoms with van der Waals surface area (Å²) < 4.78 is 1.95. The first-order valence-corrected chi connectivity index (χ1v) is 7.12. The molecule has 1 saturated heterocycles. The zero-order chi connectivity index (χ0) is 14.0. The van der Waals surface area contributed by atoms with E-state index in [4.69, 9.17) is 0 Å². The van der Waals surface area contributed by atoms with Gasteiger partial charge in [-0.25, -0.2) is 0 Å². The zero-order valence-electron chi connectivity index (χ0n) is 12.9. The van der Waals surface area contributed by atoms with Crippen molar-refractivity contribution in [3.8, 4) is 0 Å². The summed E-state index contributed by atoms with van der Waals surface area (Å²) in [5, 5.41) is 7.80. The van der Waals surface area contributed by atoms with Gasteiger partial charge in [0.1, 0.15) is 5.82 Å². The zero-order valence-corrected chi connectivity index (χ0v) is 12.9. The number of nitrogens with one attached hydrogen (secondary N) is 1. The third-order valence-electron chi connectivity index (χ3n) is 4.02. The third kappa shape index (κ3) is 3.09. The molecule has 0 aliphatic carbocycles. The fourth-order valence-electron chi connectivity index (χ4n) is 3.14. The Morgan fingerprint density at radius 2 is 2.16 bits per heavy atom. The Morgan fingerprint density at radius 1 is 1.42 bits per heavy atom. The molecule has 0 bridgehead atoms. The molecule has 5 heteroatoms. The lowest BCUT2D eigenvalue weighted by molar-refractivity contribution is 0.201. The Kier molecular flexibility index (Phi) is 4.47.